The molecule has 0 saturated heterocycles. The molecule has 5 aromatic rings. The molecule has 0 N–H and O–H groups in total. The normalized spacial score (nSPS) is 10.8. The van der Waals surface area contributed by atoms with Crippen molar-refractivity contribution in [1.29, 1.82) is 0 Å². The summed E-state index contributed by atoms with van der Waals surface area (Å²) in [6.45, 7) is 7.28. The Morgan fingerprint density at radius 3 is 0.986 bits per heavy atom. The van der Waals surface area contributed by atoms with Gasteiger partial charge in [-0.25, -0.2) is 19.2 Å². The second kappa shape index (κ2) is 31.4. The molecule has 10 heteroatoms. The summed E-state index contributed by atoms with van der Waals surface area (Å²) in [5, 5.41) is 0. The summed E-state index contributed by atoms with van der Waals surface area (Å²) in [6.07, 6.45) is 26.8. The van der Waals surface area contributed by atoms with E-state index in [-0.39, 0.29) is 34.1 Å². The topological polar surface area (TPSA) is 124 Å². The van der Waals surface area contributed by atoms with Crippen LogP contribution in [0.4, 0.5) is 0 Å². The Morgan fingerprint density at radius 1 is 0.362 bits per heavy atom. The lowest BCUT2D eigenvalue weighted by Crippen LogP contribution is -2.11. The van der Waals surface area contributed by atoms with Crippen molar-refractivity contribution in [3.63, 3.8) is 0 Å². The molecule has 0 radical (unpaired) electrons. The lowest BCUT2D eigenvalue weighted by molar-refractivity contribution is 0.0723. The first-order chi connectivity index (χ1) is 33.8. The van der Waals surface area contributed by atoms with Crippen LogP contribution in [0.3, 0.4) is 0 Å². The number of carbonyl (C=O) groups is 4. The van der Waals surface area contributed by atoms with Crippen LogP contribution >= 0.6 is 0 Å². The molecule has 0 aromatic heterocycles. The fraction of sp³-hybridized carbons (Fsp3) is 0.390. The molecule has 0 atom stereocenters. The highest BCUT2D eigenvalue weighted by atomic mass is 16.6. The summed E-state index contributed by atoms with van der Waals surface area (Å²) in [7, 11) is 0. The summed E-state index contributed by atoms with van der Waals surface area (Å²) in [5.41, 5.74) is 1.17. The number of allylic oxidation sites excluding steroid dienone is 1. The van der Waals surface area contributed by atoms with Crippen molar-refractivity contribution in [1.82, 2.24) is 0 Å². The van der Waals surface area contributed by atoms with Crippen LogP contribution in [0.5, 0.6) is 34.5 Å². The van der Waals surface area contributed by atoms with Crippen molar-refractivity contribution in [2.45, 2.75) is 135 Å². The smallest absolute Gasteiger partial charge is 0.343 e. The van der Waals surface area contributed by atoms with Crippen LogP contribution in [-0.2, 0) is 0 Å². The van der Waals surface area contributed by atoms with E-state index in [1.165, 1.54) is 151 Å². The highest BCUT2D eigenvalue weighted by Gasteiger charge is 2.15. The average molecular weight is 939 g/mol. The third kappa shape index (κ3) is 20.6. The van der Waals surface area contributed by atoms with Gasteiger partial charge in [-0.1, -0.05) is 122 Å². The molecule has 0 aliphatic heterocycles. The number of benzene rings is 5. The Kier molecular flexibility index (Phi) is 24.2. The van der Waals surface area contributed by atoms with Gasteiger partial charge in [0.1, 0.15) is 34.5 Å². The Labute approximate surface area is 409 Å². The van der Waals surface area contributed by atoms with E-state index in [1.54, 1.807) is 66.7 Å². The van der Waals surface area contributed by atoms with Crippen molar-refractivity contribution in [2.75, 3.05) is 13.2 Å². The van der Waals surface area contributed by atoms with E-state index in [1.807, 2.05) is 6.08 Å². The van der Waals surface area contributed by atoms with Gasteiger partial charge in [-0.3, -0.25) is 0 Å². The number of ether oxygens (including phenoxy) is 6. The minimum atomic E-state index is -0.661. The molecule has 10 nitrogen and oxygen atoms in total. The van der Waals surface area contributed by atoms with Crippen molar-refractivity contribution in [2.24, 2.45) is 0 Å². The number of unbranched alkanes of at least 4 members (excludes halogenated alkanes) is 18. The van der Waals surface area contributed by atoms with Crippen molar-refractivity contribution < 1.29 is 47.6 Å². The lowest BCUT2D eigenvalue weighted by atomic mass is 10.1. The van der Waals surface area contributed by atoms with E-state index in [0.717, 1.165) is 32.1 Å². The Balaban J connectivity index is 0.965. The highest BCUT2D eigenvalue weighted by molar-refractivity contribution is 5.94. The van der Waals surface area contributed by atoms with Crippen LogP contribution in [-0.4, -0.2) is 37.1 Å². The van der Waals surface area contributed by atoms with Gasteiger partial charge in [0.25, 0.3) is 0 Å². The maximum atomic E-state index is 13.0. The van der Waals surface area contributed by atoms with Crippen LogP contribution in [0, 0.1) is 0 Å². The number of carbonyl (C=O) groups excluding carboxylic acids is 4. The Bertz CT molecular complexity index is 2280. The van der Waals surface area contributed by atoms with E-state index >= 15 is 0 Å². The van der Waals surface area contributed by atoms with Crippen LogP contribution < -0.4 is 28.4 Å². The molecule has 0 saturated carbocycles. The van der Waals surface area contributed by atoms with E-state index in [2.05, 4.69) is 13.5 Å². The maximum Gasteiger partial charge on any atom is 0.343 e. The van der Waals surface area contributed by atoms with Crippen LogP contribution in [0.2, 0.25) is 0 Å². The van der Waals surface area contributed by atoms with Crippen molar-refractivity contribution in [3.8, 4) is 34.5 Å². The van der Waals surface area contributed by atoms with Gasteiger partial charge < -0.3 is 28.4 Å². The molecule has 0 bridgehead atoms. The predicted molar refractivity (Wildman–Crippen MR) is 271 cm³/mol. The molecule has 0 aliphatic carbocycles. The fourth-order valence-corrected chi connectivity index (χ4v) is 7.56. The molecule has 0 aliphatic rings. The first kappa shape index (κ1) is 53.3. The zero-order valence-electron chi connectivity index (χ0n) is 40.5. The van der Waals surface area contributed by atoms with Crippen molar-refractivity contribution in [3.05, 3.63) is 156 Å². The van der Waals surface area contributed by atoms with Gasteiger partial charge in [0.2, 0.25) is 0 Å². The zero-order chi connectivity index (χ0) is 48.7. The molecule has 5 rings (SSSR count). The van der Waals surface area contributed by atoms with Crippen molar-refractivity contribution >= 4 is 23.9 Å². The number of rotatable bonds is 33. The SMILES string of the molecule is C=CCCCCCCCCCOc1ccc(C(=O)Oc2ccc(C(=O)Oc3cccc(OC(=O)c4ccc(OC(=O)c5ccc(OCCCCCCCCCCCCCC)cc5)cc4)c3)cc2)cc1. The lowest BCUT2D eigenvalue weighted by Gasteiger charge is -2.09. The van der Waals surface area contributed by atoms with Gasteiger partial charge in [0.05, 0.1) is 35.5 Å². The number of esters is 4. The standard InChI is InChI=1S/C59H70O10/c1-3-5-7-9-11-13-14-15-17-19-21-23-44-65-51-37-29-47(30-38-51)57(61)67-53-41-33-49(34-42-53)59(63)69-55-26-24-25-54(45-55)68-58(62)48-31-39-52(40-32-48)66-56(60)46-27-35-50(36-28-46)64-43-22-20-18-16-12-10-8-6-4-2/h4,24-42,45H,2-3,5-23,43-44H2,1H3. The molecule has 69 heavy (non-hydrogen) atoms. The molecule has 0 spiro atoms. The van der Waals surface area contributed by atoms with Gasteiger partial charge in [0, 0.05) is 6.07 Å². The van der Waals surface area contributed by atoms with E-state index in [9.17, 15) is 19.2 Å². The van der Waals surface area contributed by atoms with Gasteiger partial charge in [-0.05, 0) is 135 Å². The van der Waals surface area contributed by atoms with E-state index in [0.29, 0.717) is 35.8 Å². The molecule has 5 aromatic carbocycles. The first-order valence-corrected chi connectivity index (χ1v) is 25.1. The van der Waals surface area contributed by atoms with Gasteiger partial charge >= 0.3 is 23.9 Å². The molecule has 366 valence electrons. The molecule has 0 fully saturated rings. The minimum absolute atomic E-state index is 0.153. The summed E-state index contributed by atoms with van der Waals surface area (Å²) in [4.78, 5) is 51.6. The zero-order valence-corrected chi connectivity index (χ0v) is 40.5. The average Bonchev–Trinajstić information content (AvgIpc) is 3.36. The monoisotopic (exact) mass is 938 g/mol. The number of hydrogen-bond acceptors (Lipinski definition) is 10. The number of hydrogen-bond donors (Lipinski definition) is 0. The third-order valence-corrected chi connectivity index (χ3v) is 11.6. The summed E-state index contributed by atoms with van der Waals surface area (Å²) in [6, 6.07) is 31.8. The van der Waals surface area contributed by atoms with Gasteiger partial charge in [0.15, 0.2) is 0 Å². The summed E-state index contributed by atoms with van der Waals surface area (Å²) < 4.78 is 33.9. The van der Waals surface area contributed by atoms with Crippen LogP contribution in [0.1, 0.15) is 177 Å². The van der Waals surface area contributed by atoms with Gasteiger partial charge in [-0.2, -0.15) is 0 Å². The third-order valence-electron chi connectivity index (χ3n) is 11.6. The Hall–Kier alpha value is -6.68. The first-order valence-electron chi connectivity index (χ1n) is 25.1. The highest BCUT2D eigenvalue weighted by Crippen LogP contribution is 2.24. The van der Waals surface area contributed by atoms with Crippen LogP contribution in [0.25, 0.3) is 0 Å². The Morgan fingerprint density at radius 2 is 0.652 bits per heavy atom. The van der Waals surface area contributed by atoms with Gasteiger partial charge in [-0.15, -0.1) is 6.58 Å². The molecular formula is C59H70O10. The second-order valence-electron chi connectivity index (χ2n) is 17.3. The quantitative estimate of drug-likeness (QED) is 0.0174. The molecule has 0 heterocycles. The summed E-state index contributed by atoms with van der Waals surface area (Å²) in [5.74, 6) is -0.181. The largest absolute Gasteiger partial charge is 0.494 e. The predicted octanol–water partition coefficient (Wildman–Crippen LogP) is 15.3. The maximum absolute atomic E-state index is 13.0. The second-order valence-corrected chi connectivity index (χ2v) is 17.3. The van der Waals surface area contributed by atoms with Crippen LogP contribution in [0.15, 0.2) is 134 Å². The fourth-order valence-electron chi connectivity index (χ4n) is 7.56. The van der Waals surface area contributed by atoms with E-state index < -0.39 is 23.9 Å². The minimum Gasteiger partial charge on any atom is -0.494 e. The van der Waals surface area contributed by atoms with E-state index in [4.69, 9.17) is 28.4 Å². The molecule has 0 amide bonds. The summed E-state index contributed by atoms with van der Waals surface area (Å²) >= 11 is 0. The molecular weight excluding hydrogens is 869 g/mol. The molecule has 0 unspecified atom stereocenters.